The van der Waals surface area contributed by atoms with Gasteiger partial charge in [-0.1, -0.05) is 40.2 Å². The highest BCUT2D eigenvalue weighted by Crippen LogP contribution is 2.23. The summed E-state index contributed by atoms with van der Waals surface area (Å²) in [5.41, 5.74) is 7.91. The predicted molar refractivity (Wildman–Crippen MR) is 106 cm³/mol. The van der Waals surface area contributed by atoms with Crippen molar-refractivity contribution in [3.05, 3.63) is 74.7 Å². The first-order valence-electron chi connectivity index (χ1n) is 8.09. The van der Waals surface area contributed by atoms with Crippen molar-refractivity contribution in [2.24, 2.45) is 5.73 Å². The number of aryl methyl sites for hydroxylation is 1. The summed E-state index contributed by atoms with van der Waals surface area (Å²) >= 11 is 3.38. The Morgan fingerprint density at radius 2 is 1.89 bits per heavy atom. The summed E-state index contributed by atoms with van der Waals surface area (Å²) in [5, 5.41) is 0. The molecule has 0 bridgehead atoms. The molecule has 0 aliphatic carbocycles. The fourth-order valence-corrected chi connectivity index (χ4v) is 3.16. The summed E-state index contributed by atoms with van der Waals surface area (Å²) in [7, 11) is 0. The largest absolute Gasteiger partial charge is 0.364 e. The average Bonchev–Trinajstić information content (AvgIpc) is 2.97. The Balaban J connectivity index is 2.06. The van der Waals surface area contributed by atoms with Crippen LogP contribution in [0.15, 0.2) is 57.8 Å². The molecule has 0 aliphatic heterocycles. The fourth-order valence-electron chi connectivity index (χ4n) is 2.90. The van der Waals surface area contributed by atoms with E-state index in [1.807, 2.05) is 49.4 Å². The molecule has 2 heterocycles. The van der Waals surface area contributed by atoms with Crippen LogP contribution in [-0.2, 0) is 0 Å². The van der Waals surface area contributed by atoms with Crippen LogP contribution in [0.25, 0.3) is 28.2 Å². The second-order valence-electron chi connectivity index (χ2n) is 6.07. The molecule has 8 heteroatoms. The minimum atomic E-state index is -0.738. The number of aromatic nitrogens is 4. The molecule has 0 fully saturated rings. The number of imidazole rings is 1. The molecule has 3 N–H and O–H groups in total. The number of hydrogen-bond donors (Lipinski definition) is 2. The standard InChI is InChI=1S/C19H14BrN5O2/c1-10-3-2-4-13(9-10)25-18-15(23-19(25)27)14(16(21)26)22-17(24-18)11-5-7-12(20)8-6-11/h2-9H,1H3,(H2,21,26)(H,23,27). The molecule has 2 aromatic heterocycles. The molecule has 4 rings (SSSR count). The minimum Gasteiger partial charge on any atom is -0.364 e. The SMILES string of the molecule is Cc1cccc(-n2c(=O)[nH]c3c(C(N)=O)nc(-c4ccc(Br)cc4)nc32)c1. The quantitative estimate of drug-likeness (QED) is 0.527. The lowest BCUT2D eigenvalue weighted by Gasteiger charge is -2.07. The Morgan fingerprint density at radius 1 is 1.15 bits per heavy atom. The Kier molecular flexibility index (Phi) is 4.12. The number of nitrogens with one attached hydrogen (secondary N) is 1. The van der Waals surface area contributed by atoms with Gasteiger partial charge in [0.2, 0.25) is 0 Å². The zero-order valence-corrected chi connectivity index (χ0v) is 15.8. The average molecular weight is 424 g/mol. The van der Waals surface area contributed by atoms with E-state index in [-0.39, 0.29) is 11.2 Å². The Morgan fingerprint density at radius 3 is 2.56 bits per heavy atom. The van der Waals surface area contributed by atoms with Crippen molar-refractivity contribution >= 4 is 33.0 Å². The highest BCUT2D eigenvalue weighted by atomic mass is 79.9. The number of carbonyl (C=O) groups excluding carboxylic acids is 1. The Labute approximate surface area is 162 Å². The van der Waals surface area contributed by atoms with E-state index in [1.165, 1.54) is 4.57 Å². The van der Waals surface area contributed by atoms with Gasteiger partial charge in [-0.3, -0.25) is 4.79 Å². The first-order valence-corrected chi connectivity index (χ1v) is 8.89. The van der Waals surface area contributed by atoms with Gasteiger partial charge in [-0.25, -0.2) is 19.3 Å². The minimum absolute atomic E-state index is 0.0265. The zero-order valence-electron chi connectivity index (χ0n) is 14.2. The third kappa shape index (κ3) is 3.04. The molecule has 134 valence electrons. The van der Waals surface area contributed by atoms with Crippen LogP contribution in [0.2, 0.25) is 0 Å². The predicted octanol–water partition coefficient (Wildman–Crippen LogP) is 2.95. The van der Waals surface area contributed by atoms with E-state index >= 15 is 0 Å². The summed E-state index contributed by atoms with van der Waals surface area (Å²) in [4.78, 5) is 36.0. The molecule has 1 amide bonds. The van der Waals surface area contributed by atoms with Crippen molar-refractivity contribution in [1.82, 2.24) is 19.5 Å². The van der Waals surface area contributed by atoms with Crippen molar-refractivity contribution in [3.63, 3.8) is 0 Å². The summed E-state index contributed by atoms with van der Waals surface area (Å²) in [5.74, 6) is -0.428. The van der Waals surface area contributed by atoms with Gasteiger partial charge < -0.3 is 10.7 Å². The monoisotopic (exact) mass is 423 g/mol. The highest BCUT2D eigenvalue weighted by Gasteiger charge is 2.20. The number of primary amides is 1. The molecular formula is C19H14BrN5O2. The maximum absolute atomic E-state index is 12.6. The van der Waals surface area contributed by atoms with Crippen LogP contribution in [0, 0.1) is 6.92 Å². The molecule has 27 heavy (non-hydrogen) atoms. The van der Waals surface area contributed by atoms with Gasteiger partial charge in [0.1, 0.15) is 5.52 Å². The number of rotatable bonds is 3. The maximum Gasteiger partial charge on any atom is 0.332 e. The number of nitrogens with two attached hydrogens (primary N) is 1. The van der Waals surface area contributed by atoms with Crippen LogP contribution in [-0.4, -0.2) is 25.4 Å². The lowest BCUT2D eigenvalue weighted by atomic mass is 10.2. The van der Waals surface area contributed by atoms with Gasteiger partial charge in [-0.2, -0.15) is 0 Å². The van der Waals surface area contributed by atoms with Gasteiger partial charge in [-0.15, -0.1) is 0 Å². The van der Waals surface area contributed by atoms with Crippen molar-refractivity contribution in [2.45, 2.75) is 6.92 Å². The number of amides is 1. The number of H-pyrrole nitrogens is 1. The van der Waals surface area contributed by atoms with Crippen molar-refractivity contribution in [2.75, 3.05) is 0 Å². The fraction of sp³-hybridized carbons (Fsp3) is 0.0526. The number of hydrogen-bond acceptors (Lipinski definition) is 4. The van der Waals surface area contributed by atoms with E-state index < -0.39 is 11.6 Å². The van der Waals surface area contributed by atoms with E-state index in [0.717, 1.165) is 10.0 Å². The number of fused-ring (bicyclic) bond motifs is 1. The molecule has 0 saturated heterocycles. The molecule has 2 aromatic carbocycles. The lowest BCUT2D eigenvalue weighted by molar-refractivity contribution is 0.0997. The van der Waals surface area contributed by atoms with Crippen LogP contribution in [0.4, 0.5) is 0 Å². The summed E-state index contributed by atoms with van der Waals surface area (Å²) < 4.78 is 2.32. The second-order valence-corrected chi connectivity index (χ2v) is 6.99. The van der Waals surface area contributed by atoms with Gasteiger partial charge in [0, 0.05) is 10.0 Å². The maximum atomic E-state index is 12.6. The van der Waals surface area contributed by atoms with Gasteiger partial charge in [0.05, 0.1) is 5.69 Å². The first kappa shape index (κ1) is 17.2. The van der Waals surface area contributed by atoms with Crippen molar-refractivity contribution in [3.8, 4) is 17.1 Å². The summed E-state index contributed by atoms with van der Waals surface area (Å²) in [6.45, 7) is 1.93. The van der Waals surface area contributed by atoms with Gasteiger partial charge in [0.15, 0.2) is 17.2 Å². The molecule has 0 unspecified atom stereocenters. The number of halogens is 1. The topological polar surface area (TPSA) is 107 Å². The molecule has 0 aliphatic rings. The van der Waals surface area contributed by atoms with E-state index in [0.29, 0.717) is 22.7 Å². The van der Waals surface area contributed by atoms with Gasteiger partial charge in [0.25, 0.3) is 5.91 Å². The molecular weight excluding hydrogens is 410 g/mol. The molecule has 0 spiro atoms. The normalized spacial score (nSPS) is 11.0. The molecule has 4 aromatic rings. The van der Waals surface area contributed by atoms with E-state index in [9.17, 15) is 9.59 Å². The van der Waals surface area contributed by atoms with E-state index in [1.54, 1.807) is 6.07 Å². The van der Waals surface area contributed by atoms with Crippen molar-refractivity contribution < 1.29 is 4.79 Å². The van der Waals surface area contributed by atoms with Crippen LogP contribution in [0.3, 0.4) is 0 Å². The number of benzene rings is 2. The van der Waals surface area contributed by atoms with Crippen LogP contribution < -0.4 is 11.4 Å². The number of carbonyl (C=O) groups is 1. The number of aromatic amines is 1. The highest BCUT2D eigenvalue weighted by molar-refractivity contribution is 9.10. The molecule has 0 atom stereocenters. The van der Waals surface area contributed by atoms with Crippen molar-refractivity contribution in [1.29, 1.82) is 0 Å². The number of nitrogens with zero attached hydrogens (tertiary/aromatic N) is 3. The molecule has 0 radical (unpaired) electrons. The van der Waals surface area contributed by atoms with Crippen LogP contribution in [0.1, 0.15) is 16.1 Å². The summed E-state index contributed by atoms with van der Waals surface area (Å²) in [6.07, 6.45) is 0. The van der Waals surface area contributed by atoms with E-state index in [2.05, 4.69) is 30.9 Å². The summed E-state index contributed by atoms with van der Waals surface area (Å²) in [6, 6.07) is 14.8. The molecule has 0 saturated carbocycles. The van der Waals surface area contributed by atoms with Gasteiger partial charge >= 0.3 is 5.69 Å². The van der Waals surface area contributed by atoms with Crippen LogP contribution >= 0.6 is 15.9 Å². The van der Waals surface area contributed by atoms with Crippen LogP contribution in [0.5, 0.6) is 0 Å². The Bertz CT molecular complexity index is 1240. The second kappa shape index (κ2) is 6.48. The lowest BCUT2D eigenvalue weighted by Crippen LogP contribution is -2.15. The first-order chi connectivity index (χ1) is 12.9. The third-order valence-electron chi connectivity index (χ3n) is 4.13. The third-order valence-corrected chi connectivity index (χ3v) is 4.66. The zero-order chi connectivity index (χ0) is 19.1. The van der Waals surface area contributed by atoms with E-state index in [4.69, 9.17) is 5.73 Å². The van der Waals surface area contributed by atoms with Gasteiger partial charge in [-0.05, 0) is 36.8 Å². The molecule has 7 nitrogen and oxygen atoms in total. The Hall–Kier alpha value is -3.26. The smallest absolute Gasteiger partial charge is 0.332 e.